The van der Waals surface area contributed by atoms with E-state index in [1.54, 1.807) is 0 Å². The standard InChI is InChI=1S/C16H20N2O2/c1-4-13-10-14(18(3)17-13)11-20-15-8-6-12(7-9-15)16(19)5-2/h6-10H,4-5,11H2,1-3H3. The Morgan fingerprint density at radius 2 is 1.95 bits per heavy atom. The molecule has 0 fully saturated rings. The van der Waals surface area contributed by atoms with Crippen LogP contribution in [0, 0.1) is 0 Å². The Hall–Kier alpha value is -2.10. The van der Waals surface area contributed by atoms with Crippen LogP contribution in [0.3, 0.4) is 0 Å². The number of nitrogens with zero attached hydrogens (tertiary/aromatic N) is 2. The summed E-state index contributed by atoms with van der Waals surface area (Å²) >= 11 is 0. The van der Waals surface area contributed by atoms with Crippen molar-refractivity contribution in [2.75, 3.05) is 0 Å². The molecule has 106 valence electrons. The van der Waals surface area contributed by atoms with E-state index in [4.69, 9.17) is 4.74 Å². The number of aromatic nitrogens is 2. The van der Waals surface area contributed by atoms with Crippen LogP contribution in [0.4, 0.5) is 0 Å². The first kappa shape index (κ1) is 14.3. The number of benzene rings is 1. The van der Waals surface area contributed by atoms with E-state index in [0.29, 0.717) is 13.0 Å². The van der Waals surface area contributed by atoms with Gasteiger partial charge in [-0.3, -0.25) is 9.48 Å². The number of ketones is 1. The third-order valence-corrected chi connectivity index (χ3v) is 3.27. The quantitative estimate of drug-likeness (QED) is 0.759. The largest absolute Gasteiger partial charge is 0.487 e. The van der Waals surface area contributed by atoms with E-state index in [9.17, 15) is 4.79 Å². The van der Waals surface area contributed by atoms with Gasteiger partial charge < -0.3 is 4.74 Å². The van der Waals surface area contributed by atoms with Gasteiger partial charge in [0.1, 0.15) is 12.4 Å². The molecule has 0 bridgehead atoms. The molecule has 0 atom stereocenters. The van der Waals surface area contributed by atoms with Crippen molar-refractivity contribution in [1.29, 1.82) is 0 Å². The Labute approximate surface area is 119 Å². The molecule has 0 aliphatic rings. The van der Waals surface area contributed by atoms with Crippen LogP contribution in [0.5, 0.6) is 5.75 Å². The van der Waals surface area contributed by atoms with Crippen LogP contribution in [0.2, 0.25) is 0 Å². The fourth-order valence-electron chi connectivity index (χ4n) is 1.98. The normalized spacial score (nSPS) is 10.6. The maximum Gasteiger partial charge on any atom is 0.162 e. The Morgan fingerprint density at radius 3 is 2.50 bits per heavy atom. The summed E-state index contributed by atoms with van der Waals surface area (Å²) < 4.78 is 7.57. The molecule has 0 unspecified atom stereocenters. The molecule has 20 heavy (non-hydrogen) atoms. The summed E-state index contributed by atoms with van der Waals surface area (Å²) in [6, 6.07) is 9.33. The van der Waals surface area contributed by atoms with Crippen molar-refractivity contribution >= 4 is 5.78 Å². The monoisotopic (exact) mass is 272 g/mol. The highest BCUT2D eigenvalue weighted by molar-refractivity contribution is 5.95. The van der Waals surface area contributed by atoms with Gasteiger partial charge in [0.05, 0.1) is 11.4 Å². The van der Waals surface area contributed by atoms with Gasteiger partial charge in [-0.05, 0) is 36.8 Å². The number of hydrogen-bond acceptors (Lipinski definition) is 3. The number of ether oxygens (including phenoxy) is 1. The van der Waals surface area contributed by atoms with Crippen LogP contribution in [-0.4, -0.2) is 15.6 Å². The van der Waals surface area contributed by atoms with Crippen LogP contribution in [-0.2, 0) is 20.1 Å². The van der Waals surface area contributed by atoms with Crippen molar-refractivity contribution in [3.8, 4) is 5.75 Å². The molecule has 0 saturated heterocycles. The first-order valence-corrected chi connectivity index (χ1v) is 6.91. The number of Topliss-reactive ketones (excluding diaryl/α,β-unsaturated/α-hetero) is 1. The molecule has 0 aliphatic carbocycles. The SMILES string of the molecule is CCC(=O)c1ccc(OCc2cc(CC)nn2C)cc1. The van der Waals surface area contributed by atoms with E-state index < -0.39 is 0 Å². The first-order chi connectivity index (χ1) is 9.63. The summed E-state index contributed by atoms with van der Waals surface area (Å²) in [5.41, 5.74) is 2.83. The fourth-order valence-corrected chi connectivity index (χ4v) is 1.98. The topological polar surface area (TPSA) is 44.1 Å². The van der Waals surface area contributed by atoms with Crippen molar-refractivity contribution in [2.24, 2.45) is 7.05 Å². The van der Waals surface area contributed by atoms with Gasteiger partial charge in [0, 0.05) is 19.0 Å². The summed E-state index contributed by atoms with van der Waals surface area (Å²) in [5, 5.41) is 4.38. The van der Waals surface area contributed by atoms with Crippen LogP contribution < -0.4 is 4.74 Å². The van der Waals surface area contributed by atoms with E-state index >= 15 is 0 Å². The Kier molecular flexibility index (Phi) is 4.56. The number of aryl methyl sites for hydroxylation is 2. The van der Waals surface area contributed by atoms with Gasteiger partial charge in [-0.2, -0.15) is 5.10 Å². The predicted octanol–water partition coefficient (Wildman–Crippen LogP) is 3.15. The smallest absolute Gasteiger partial charge is 0.162 e. The Balaban J connectivity index is 2.00. The summed E-state index contributed by atoms with van der Waals surface area (Å²) in [4.78, 5) is 11.5. The maximum atomic E-state index is 11.5. The average Bonchev–Trinajstić information content (AvgIpc) is 2.85. The molecule has 1 aromatic carbocycles. The van der Waals surface area contributed by atoms with E-state index in [2.05, 4.69) is 18.1 Å². The zero-order valence-corrected chi connectivity index (χ0v) is 12.2. The molecule has 0 aliphatic heterocycles. The molecule has 4 nitrogen and oxygen atoms in total. The lowest BCUT2D eigenvalue weighted by molar-refractivity contribution is 0.0988. The maximum absolute atomic E-state index is 11.5. The molecule has 0 spiro atoms. The van der Waals surface area contributed by atoms with E-state index in [1.807, 2.05) is 42.9 Å². The molecule has 1 aromatic heterocycles. The van der Waals surface area contributed by atoms with Gasteiger partial charge in [0.25, 0.3) is 0 Å². The molecule has 4 heteroatoms. The molecular weight excluding hydrogens is 252 g/mol. The lowest BCUT2D eigenvalue weighted by atomic mass is 10.1. The van der Waals surface area contributed by atoms with Crippen LogP contribution in [0.25, 0.3) is 0 Å². The lowest BCUT2D eigenvalue weighted by Crippen LogP contribution is -2.03. The number of hydrogen-bond donors (Lipinski definition) is 0. The van der Waals surface area contributed by atoms with Gasteiger partial charge in [0.15, 0.2) is 5.78 Å². The molecular formula is C16H20N2O2. The van der Waals surface area contributed by atoms with E-state index in [0.717, 1.165) is 29.1 Å². The molecule has 0 N–H and O–H groups in total. The second kappa shape index (κ2) is 6.37. The minimum Gasteiger partial charge on any atom is -0.487 e. The number of carbonyl (C=O) groups is 1. The molecule has 0 amide bonds. The van der Waals surface area contributed by atoms with Crippen molar-refractivity contribution in [3.63, 3.8) is 0 Å². The summed E-state index contributed by atoms with van der Waals surface area (Å²) in [6.45, 7) is 4.42. The lowest BCUT2D eigenvalue weighted by Gasteiger charge is -2.07. The van der Waals surface area contributed by atoms with Gasteiger partial charge >= 0.3 is 0 Å². The van der Waals surface area contributed by atoms with E-state index in [-0.39, 0.29) is 5.78 Å². The van der Waals surface area contributed by atoms with Crippen LogP contribution in [0.1, 0.15) is 42.0 Å². The second-order valence-corrected chi connectivity index (χ2v) is 4.69. The summed E-state index contributed by atoms with van der Waals surface area (Å²) in [7, 11) is 1.92. The van der Waals surface area contributed by atoms with Crippen LogP contribution >= 0.6 is 0 Å². The fraction of sp³-hybridized carbons (Fsp3) is 0.375. The van der Waals surface area contributed by atoms with Crippen molar-refractivity contribution in [1.82, 2.24) is 9.78 Å². The molecule has 1 heterocycles. The number of rotatable bonds is 6. The zero-order chi connectivity index (χ0) is 14.5. The minimum atomic E-state index is 0.149. The molecule has 2 rings (SSSR count). The third-order valence-electron chi connectivity index (χ3n) is 3.27. The molecule has 0 saturated carbocycles. The highest BCUT2D eigenvalue weighted by atomic mass is 16.5. The highest BCUT2D eigenvalue weighted by Crippen LogP contribution is 2.15. The van der Waals surface area contributed by atoms with Gasteiger partial charge in [-0.15, -0.1) is 0 Å². The van der Waals surface area contributed by atoms with Gasteiger partial charge in [0.2, 0.25) is 0 Å². The summed E-state index contributed by atoms with van der Waals surface area (Å²) in [5.74, 6) is 0.910. The van der Waals surface area contributed by atoms with Gasteiger partial charge in [-0.25, -0.2) is 0 Å². The van der Waals surface area contributed by atoms with Crippen molar-refractivity contribution in [2.45, 2.75) is 33.3 Å². The van der Waals surface area contributed by atoms with Gasteiger partial charge in [-0.1, -0.05) is 13.8 Å². The Bertz CT molecular complexity index is 585. The average molecular weight is 272 g/mol. The molecule has 2 aromatic rings. The highest BCUT2D eigenvalue weighted by Gasteiger charge is 2.06. The number of carbonyl (C=O) groups excluding carboxylic acids is 1. The zero-order valence-electron chi connectivity index (χ0n) is 12.2. The van der Waals surface area contributed by atoms with Crippen molar-refractivity contribution in [3.05, 3.63) is 47.3 Å². The van der Waals surface area contributed by atoms with E-state index in [1.165, 1.54) is 0 Å². The molecule has 0 radical (unpaired) electrons. The first-order valence-electron chi connectivity index (χ1n) is 6.91. The second-order valence-electron chi connectivity index (χ2n) is 4.69. The predicted molar refractivity (Wildman–Crippen MR) is 78.0 cm³/mol. The Morgan fingerprint density at radius 1 is 1.25 bits per heavy atom. The van der Waals surface area contributed by atoms with Crippen LogP contribution in [0.15, 0.2) is 30.3 Å². The van der Waals surface area contributed by atoms with Crippen molar-refractivity contribution < 1.29 is 9.53 Å². The minimum absolute atomic E-state index is 0.149. The summed E-state index contributed by atoms with van der Waals surface area (Å²) in [6.07, 6.45) is 1.44. The third kappa shape index (κ3) is 3.26.